The highest BCUT2D eigenvalue weighted by atomic mass is 32.3. The van der Waals surface area contributed by atoms with E-state index < -0.39 is 38.4 Å². The molecule has 1 fully saturated rings. The monoisotopic (exact) mass is 205 g/mol. The van der Waals surface area contributed by atoms with Crippen LogP contribution in [0.5, 0.6) is 0 Å². The van der Waals surface area contributed by atoms with Gasteiger partial charge in [-0.05, 0) is 0 Å². The summed E-state index contributed by atoms with van der Waals surface area (Å²) in [6.45, 7) is 0. The van der Waals surface area contributed by atoms with Crippen molar-refractivity contribution >= 4 is 21.0 Å². The average molecular weight is 205 g/mol. The third-order valence-corrected chi connectivity index (χ3v) is 4.21. The van der Waals surface area contributed by atoms with E-state index in [1.54, 1.807) is 4.13 Å². The normalized spacial score (nSPS) is 34.9. The molecule has 1 rings (SSSR count). The van der Waals surface area contributed by atoms with Crippen LogP contribution in [-0.4, -0.2) is 30.1 Å². The molecule has 0 bridgehead atoms. The molecular weight excluding hydrogens is 200 g/mol. The largest absolute Gasteiger partial charge is 0.275 e. The molecule has 1 unspecified atom stereocenters. The van der Waals surface area contributed by atoms with Crippen molar-refractivity contribution in [1.29, 1.82) is 0 Å². The average Bonchev–Trinajstić information content (AvgIpc) is 1.49. The van der Waals surface area contributed by atoms with Crippen LogP contribution in [0.1, 0.15) is 0 Å². The zero-order valence-corrected chi connectivity index (χ0v) is 6.84. The maximum atomic E-state index is 12.3. The van der Waals surface area contributed by atoms with Gasteiger partial charge < -0.3 is 0 Å². The summed E-state index contributed by atoms with van der Waals surface area (Å²) in [6.07, 6.45) is 0. The second-order valence-corrected chi connectivity index (χ2v) is 5.35. The number of nitrogens with one attached hydrogen (secondary N) is 1. The lowest BCUT2D eigenvalue weighted by molar-refractivity contribution is 0.0504. The van der Waals surface area contributed by atoms with E-state index in [4.69, 9.17) is 0 Å². The summed E-state index contributed by atoms with van der Waals surface area (Å²) in [4.78, 5) is 0. The summed E-state index contributed by atoms with van der Waals surface area (Å²) in [7, 11) is -6.21. The van der Waals surface area contributed by atoms with Crippen molar-refractivity contribution in [3.05, 3.63) is 0 Å². The SMILES string of the molecule is O=S1CC(F)(F)CS(=O)(=O)N1. The summed E-state index contributed by atoms with van der Waals surface area (Å²) in [5.41, 5.74) is 0. The van der Waals surface area contributed by atoms with Gasteiger partial charge in [0.1, 0.15) is 22.5 Å². The first-order valence-corrected chi connectivity index (χ1v) is 5.54. The Hall–Kier alpha value is -0.0800. The molecule has 0 radical (unpaired) electrons. The number of alkyl halides is 2. The lowest BCUT2D eigenvalue weighted by Crippen LogP contribution is -2.48. The van der Waals surface area contributed by atoms with Crippen LogP contribution in [0.4, 0.5) is 8.78 Å². The van der Waals surface area contributed by atoms with E-state index in [0.29, 0.717) is 0 Å². The predicted octanol–water partition coefficient (Wildman–Crippen LogP) is -0.782. The molecular formula is C3H5F2NO3S2. The molecule has 0 aromatic carbocycles. The highest BCUT2D eigenvalue weighted by Crippen LogP contribution is 2.20. The van der Waals surface area contributed by atoms with Crippen LogP contribution in [0.3, 0.4) is 0 Å². The van der Waals surface area contributed by atoms with Crippen molar-refractivity contribution < 1.29 is 21.4 Å². The van der Waals surface area contributed by atoms with E-state index in [1.165, 1.54) is 0 Å². The van der Waals surface area contributed by atoms with E-state index in [0.717, 1.165) is 0 Å². The van der Waals surface area contributed by atoms with Crippen LogP contribution >= 0.6 is 0 Å². The van der Waals surface area contributed by atoms with E-state index in [-0.39, 0.29) is 0 Å². The summed E-state index contributed by atoms with van der Waals surface area (Å²) in [6, 6.07) is 0. The van der Waals surface area contributed by atoms with Crippen molar-refractivity contribution in [2.75, 3.05) is 11.5 Å². The number of halogens is 2. The second kappa shape index (κ2) is 2.46. The first-order chi connectivity index (χ1) is 4.81. The van der Waals surface area contributed by atoms with Gasteiger partial charge in [0.05, 0.1) is 0 Å². The molecule has 1 atom stereocenters. The fraction of sp³-hybridized carbons (Fsp3) is 1.00. The molecule has 0 saturated carbocycles. The molecule has 0 aliphatic carbocycles. The smallest absolute Gasteiger partial charge is 0.242 e. The van der Waals surface area contributed by atoms with Crippen LogP contribution in [0, 0.1) is 0 Å². The van der Waals surface area contributed by atoms with Crippen molar-refractivity contribution in [2.24, 2.45) is 0 Å². The minimum atomic E-state index is -4.04. The highest BCUT2D eigenvalue weighted by Gasteiger charge is 2.43. The van der Waals surface area contributed by atoms with Gasteiger partial charge >= 0.3 is 0 Å². The van der Waals surface area contributed by atoms with Gasteiger partial charge in [-0.3, -0.25) is 0 Å². The Morgan fingerprint density at radius 1 is 1.45 bits per heavy atom. The van der Waals surface area contributed by atoms with E-state index in [9.17, 15) is 21.4 Å². The standard InChI is InChI=1S/C3H5F2NO3S2/c4-3(5)1-10(7)6-11(8,9)2-3/h6H,1-2H2. The Morgan fingerprint density at radius 2 is 2.00 bits per heavy atom. The molecule has 0 spiro atoms. The van der Waals surface area contributed by atoms with Crippen LogP contribution in [0.2, 0.25) is 0 Å². The van der Waals surface area contributed by atoms with Gasteiger partial charge in [0.15, 0.2) is 0 Å². The molecule has 0 aromatic heterocycles. The Kier molecular flexibility index (Phi) is 2.01. The van der Waals surface area contributed by atoms with E-state index >= 15 is 0 Å². The quantitative estimate of drug-likeness (QED) is 0.564. The van der Waals surface area contributed by atoms with Gasteiger partial charge in [0.2, 0.25) is 10.0 Å². The van der Waals surface area contributed by atoms with Gasteiger partial charge in [-0.15, -0.1) is 4.13 Å². The van der Waals surface area contributed by atoms with Gasteiger partial charge in [0, 0.05) is 0 Å². The van der Waals surface area contributed by atoms with Crippen LogP contribution in [0.15, 0.2) is 0 Å². The Morgan fingerprint density at radius 3 is 2.36 bits per heavy atom. The Bertz CT molecular complexity index is 285. The molecule has 1 N–H and O–H groups in total. The lowest BCUT2D eigenvalue weighted by atomic mass is 10.5. The number of rotatable bonds is 0. The number of hydrogen-bond donors (Lipinski definition) is 1. The van der Waals surface area contributed by atoms with Gasteiger partial charge in [-0.1, -0.05) is 0 Å². The van der Waals surface area contributed by atoms with Crippen molar-refractivity contribution in [1.82, 2.24) is 4.13 Å². The van der Waals surface area contributed by atoms with Crippen molar-refractivity contribution in [3.8, 4) is 0 Å². The fourth-order valence-electron chi connectivity index (χ4n) is 0.712. The summed E-state index contributed by atoms with van der Waals surface area (Å²) < 4.78 is 57.7. The molecule has 1 aliphatic rings. The molecule has 0 amide bonds. The maximum Gasteiger partial charge on any atom is 0.275 e. The van der Waals surface area contributed by atoms with Gasteiger partial charge in [-0.25, -0.2) is 21.4 Å². The zero-order chi connectivity index (χ0) is 8.70. The molecule has 11 heavy (non-hydrogen) atoms. The number of hydrogen-bond acceptors (Lipinski definition) is 3. The molecule has 0 aromatic rings. The summed E-state index contributed by atoms with van der Waals surface area (Å²) >= 11 is 0. The molecule has 4 nitrogen and oxygen atoms in total. The van der Waals surface area contributed by atoms with Crippen molar-refractivity contribution in [3.63, 3.8) is 0 Å². The van der Waals surface area contributed by atoms with Gasteiger partial charge in [0.25, 0.3) is 5.92 Å². The number of sulfonamides is 1. The minimum Gasteiger partial charge on any atom is -0.242 e. The minimum absolute atomic E-state index is 0.938. The second-order valence-electron chi connectivity index (χ2n) is 2.19. The summed E-state index contributed by atoms with van der Waals surface area (Å²) in [5.74, 6) is -5.58. The molecule has 1 heterocycles. The third kappa shape index (κ3) is 2.46. The molecule has 66 valence electrons. The molecule has 1 saturated heterocycles. The Balaban J connectivity index is 2.92. The molecule has 8 heteroatoms. The molecule has 1 aliphatic heterocycles. The van der Waals surface area contributed by atoms with Crippen molar-refractivity contribution in [2.45, 2.75) is 5.92 Å². The first-order valence-electron chi connectivity index (χ1n) is 2.57. The van der Waals surface area contributed by atoms with Crippen LogP contribution < -0.4 is 4.13 Å². The topological polar surface area (TPSA) is 63.2 Å². The lowest BCUT2D eigenvalue weighted by Gasteiger charge is -2.20. The van der Waals surface area contributed by atoms with Crippen LogP contribution in [-0.2, 0) is 21.0 Å². The zero-order valence-electron chi connectivity index (χ0n) is 5.21. The predicted molar refractivity (Wildman–Crippen MR) is 34.9 cm³/mol. The van der Waals surface area contributed by atoms with E-state index in [2.05, 4.69) is 0 Å². The fourth-order valence-corrected chi connectivity index (χ4v) is 3.59. The van der Waals surface area contributed by atoms with E-state index in [1.807, 2.05) is 0 Å². The Labute approximate surface area is 64.6 Å². The maximum absolute atomic E-state index is 12.3. The highest BCUT2D eigenvalue weighted by molar-refractivity contribution is 8.02. The summed E-state index contributed by atoms with van der Waals surface area (Å²) in [5, 5.41) is 0. The van der Waals surface area contributed by atoms with Crippen LogP contribution in [0.25, 0.3) is 0 Å². The van der Waals surface area contributed by atoms with Gasteiger partial charge in [-0.2, -0.15) is 0 Å². The first kappa shape index (κ1) is 9.01. The third-order valence-electron chi connectivity index (χ3n) is 0.963.